The highest BCUT2D eigenvalue weighted by Gasteiger charge is 2.28. The first-order valence-corrected chi connectivity index (χ1v) is 9.80. The van der Waals surface area contributed by atoms with Crippen LogP contribution in [-0.4, -0.2) is 58.5 Å². The predicted octanol–water partition coefficient (Wildman–Crippen LogP) is 1.63. The molecule has 0 bridgehead atoms. The molecule has 2 aromatic heterocycles. The van der Waals surface area contributed by atoms with Gasteiger partial charge in [-0.05, 0) is 31.5 Å². The van der Waals surface area contributed by atoms with Crippen molar-refractivity contribution in [3.8, 4) is 11.4 Å². The van der Waals surface area contributed by atoms with Crippen LogP contribution in [0.1, 0.15) is 31.0 Å². The molecule has 1 saturated heterocycles. The van der Waals surface area contributed by atoms with Crippen molar-refractivity contribution in [1.82, 2.24) is 25.2 Å². The Hall–Kier alpha value is -2.54. The fourth-order valence-electron chi connectivity index (χ4n) is 3.70. The molecule has 0 saturated carbocycles. The lowest BCUT2D eigenvalue weighted by atomic mass is 10.1. The SMILES string of the molecule is CCCCN1CCN(c2nc(-c3cccnc3)nc3c2CCNC3)CC1=O. The maximum atomic E-state index is 12.6. The standard InChI is InChI=1S/C20H26N6O/c1-2-3-9-25-10-11-26(14-18(25)27)20-16-6-8-22-13-17(16)23-19(24-20)15-5-4-7-21-12-15/h4-5,7,12,22H,2-3,6,8-11,13-14H2,1H3. The molecule has 0 unspecified atom stereocenters. The first-order chi connectivity index (χ1) is 13.3. The number of anilines is 1. The van der Waals surface area contributed by atoms with Crippen LogP contribution in [0.3, 0.4) is 0 Å². The number of hydrogen-bond donors (Lipinski definition) is 1. The van der Waals surface area contributed by atoms with E-state index in [1.165, 1.54) is 5.56 Å². The Balaban J connectivity index is 1.65. The van der Waals surface area contributed by atoms with Gasteiger partial charge in [-0.1, -0.05) is 13.3 Å². The summed E-state index contributed by atoms with van der Waals surface area (Å²) in [6.45, 7) is 6.64. The largest absolute Gasteiger partial charge is 0.345 e. The molecule has 0 atom stereocenters. The number of carbonyl (C=O) groups is 1. The van der Waals surface area contributed by atoms with E-state index in [-0.39, 0.29) is 5.91 Å². The minimum absolute atomic E-state index is 0.193. The van der Waals surface area contributed by atoms with Gasteiger partial charge in [0.25, 0.3) is 0 Å². The monoisotopic (exact) mass is 366 g/mol. The molecular formula is C20H26N6O. The van der Waals surface area contributed by atoms with Crippen molar-refractivity contribution in [2.75, 3.05) is 37.6 Å². The molecule has 0 spiro atoms. The zero-order valence-electron chi connectivity index (χ0n) is 15.8. The Morgan fingerprint density at radius 3 is 2.96 bits per heavy atom. The molecule has 7 heteroatoms. The third kappa shape index (κ3) is 3.78. The number of hydrogen-bond acceptors (Lipinski definition) is 6. The number of nitrogens with one attached hydrogen (secondary N) is 1. The van der Waals surface area contributed by atoms with Crippen molar-refractivity contribution in [3.05, 3.63) is 35.8 Å². The van der Waals surface area contributed by atoms with Crippen molar-refractivity contribution in [1.29, 1.82) is 0 Å². The van der Waals surface area contributed by atoms with E-state index in [2.05, 4.69) is 22.1 Å². The van der Waals surface area contributed by atoms with E-state index < -0.39 is 0 Å². The van der Waals surface area contributed by atoms with Crippen LogP contribution in [0, 0.1) is 0 Å². The Bertz CT molecular complexity index is 810. The lowest BCUT2D eigenvalue weighted by Gasteiger charge is -2.36. The molecule has 0 aliphatic carbocycles. The summed E-state index contributed by atoms with van der Waals surface area (Å²) in [5.74, 6) is 1.80. The van der Waals surface area contributed by atoms with Crippen LogP contribution in [-0.2, 0) is 17.8 Å². The number of rotatable bonds is 5. The number of amides is 1. The molecule has 0 aromatic carbocycles. The number of carbonyl (C=O) groups excluding carboxylic acids is 1. The first kappa shape index (κ1) is 17.9. The lowest BCUT2D eigenvalue weighted by Crippen LogP contribution is -2.51. The number of pyridine rings is 1. The summed E-state index contributed by atoms with van der Waals surface area (Å²) in [6.07, 6.45) is 6.59. The van der Waals surface area contributed by atoms with Gasteiger partial charge in [-0.2, -0.15) is 0 Å². The Morgan fingerprint density at radius 1 is 1.26 bits per heavy atom. The first-order valence-electron chi connectivity index (χ1n) is 9.80. The average molecular weight is 366 g/mol. The van der Waals surface area contributed by atoms with Gasteiger partial charge < -0.3 is 15.1 Å². The molecule has 2 aromatic rings. The van der Waals surface area contributed by atoms with Gasteiger partial charge in [-0.15, -0.1) is 0 Å². The van der Waals surface area contributed by atoms with Gasteiger partial charge in [0, 0.05) is 49.7 Å². The maximum Gasteiger partial charge on any atom is 0.242 e. The van der Waals surface area contributed by atoms with E-state index in [9.17, 15) is 4.79 Å². The third-order valence-corrected chi connectivity index (χ3v) is 5.23. The summed E-state index contributed by atoms with van der Waals surface area (Å²) >= 11 is 0. The molecule has 4 heterocycles. The lowest BCUT2D eigenvalue weighted by molar-refractivity contribution is -0.131. The Kier molecular flexibility index (Phi) is 5.29. The molecule has 142 valence electrons. The number of piperazine rings is 1. The van der Waals surface area contributed by atoms with Gasteiger partial charge >= 0.3 is 0 Å². The summed E-state index contributed by atoms with van der Waals surface area (Å²) in [6, 6.07) is 3.87. The second-order valence-electron chi connectivity index (χ2n) is 7.12. The van der Waals surface area contributed by atoms with Crippen molar-refractivity contribution >= 4 is 11.7 Å². The van der Waals surface area contributed by atoms with E-state index in [4.69, 9.17) is 9.97 Å². The highest BCUT2D eigenvalue weighted by Crippen LogP contribution is 2.28. The maximum absolute atomic E-state index is 12.6. The van der Waals surface area contributed by atoms with Gasteiger partial charge in [-0.25, -0.2) is 9.97 Å². The van der Waals surface area contributed by atoms with Crippen LogP contribution in [0.15, 0.2) is 24.5 Å². The predicted molar refractivity (Wildman–Crippen MR) is 104 cm³/mol. The molecule has 2 aliphatic heterocycles. The summed E-state index contributed by atoms with van der Waals surface area (Å²) in [5, 5.41) is 3.39. The van der Waals surface area contributed by atoms with Gasteiger partial charge in [-0.3, -0.25) is 9.78 Å². The van der Waals surface area contributed by atoms with E-state index >= 15 is 0 Å². The minimum Gasteiger partial charge on any atom is -0.345 e. The quantitative estimate of drug-likeness (QED) is 0.867. The minimum atomic E-state index is 0.193. The van der Waals surface area contributed by atoms with Crippen LogP contribution >= 0.6 is 0 Å². The smallest absolute Gasteiger partial charge is 0.242 e. The zero-order chi connectivity index (χ0) is 18.6. The van der Waals surface area contributed by atoms with Crippen molar-refractivity contribution in [2.24, 2.45) is 0 Å². The Morgan fingerprint density at radius 2 is 2.19 bits per heavy atom. The van der Waals surface area contributed by atoms with Gasteiger partial charge in [0.15, 0.2) is 5.82 Å². The van der Waals surface area contributed by atoms with E-state index in [1.807, 2.05) is 17.0 Å². The zero-order valence-corrected chi connectivity index (χ0v) is 15.8. The van der Waals surface area contributed by atoms with Gasteiger partial charge in [0.1, 0.15) is 5.82 Å². The molecule has 27 heavy (non-hydrogen) atoms. The molecule has 0 radical (unpaired) electrons. The van der Waals surface area contributed by atoms with E-state index in [1.54, 1.807) is 12.4 Å². The average Bonchev–Trinajstić information content (AvgIpc) is 2.72. The van der Waals surface area contributed by atoms with Gasteiger partial charge in [0.05, 0.1) is 12.2 Å². The topological polar surface area (TPSA) is 74.2 Å². The molecule has 1 N–H and O–H groups in total. The van der Waals surface area contributed by atoms with Crippen molar-refractivity contribution in [2.45, 2.75) is 32.7 Å². The van der Waals surface area contributed by atoms with Crippen LogP contribution in [0.25, 0.3) is 11.4 Å². The van der Waals surface area contributed by atoms with Crippen LogP contribution in [0.2, 0.25) is 0 Å². The molecule has 1 fully saturated rings. The molecule has 1 amide bonds. The van der Waals surface area contributed by atoms with Gasteiger partial charge in [0.2, 0.25) is 5.91 Å². The summed E-state index contributed by atoms with van der Waals surface area (Å²) in [7, 11) is 0. The summed E-state index contributed by atoms with van der Waals surface area (Å²) in [4.78, 5) is 30.6. The molecule has 2 aliphatic rings. The summed E-state index contributed by atoms with van der Waals surface area (Å²) < 4.78 is 0. The van der Waals surface area contributed by atoms with Crippen LogP contribution < -0.4 is 10.2 Å². The number of unbranched alkanes of at least 4 members (excludes halogenated alkanes) is 1. The fraction of sp³-hybridized carbons (Fsp3) is 0.500. The second-order valence-corrected chi connectivity index (χ2v) is 7.12. The summed E-state index contributed by atoms with van der Waals surface area (Å²) in [5.41, 5.74) is 3.11. The van der Waals surface area contributed by atoms with Crippen molar-refractivity contribution < 1.29 is 4.79 Å². The van der Waals surface area contributed by atoms with E-state index in [0.717, 1.165) is 69.1 Å². The van der Waals surface area contributed by atoms with E-state index in [0.29, 0.717) is 12.4 Å². The number of fused-ring (bicyclic) bond motifs is 1. The molecule has 4 rings (SSSR count). The normalized spacial score (nSPS) is 17.1. The molecule has 7 nitrogen and oxygen atoms in total. The highest BCUT2D eigenvalue weighted by atomic mass is 16.2. The number of aromatic nitrogens is 3. The number of nitrogens with zero attached hydrogens (tertiary/aromatic N) is 5. The second kappa shape index (κ2) is 8.00. The Labute approximate surface area is 159 Å². The van der Waals surface area contributed by atoms with Crippen molar-refractivity contribution in [3.63, 3.8) is 0 Å². The fourth-order valence-corrected chi connectivity index (χ4v) is 3.70. The third-order valence-electron chi connectivity index (χ3n) is 5.23. The highest BCUT2D eigenvalue weighted by molar-refractivity contribution is 5.83. The van der Waals surface area contributed by atoms with Crippen LogP contribution in [0.4, 0.5) is 5.82 Å². The van der Waals surface area contributed by atoms with Crippen LogP contribution in [0.5, 0.6) is 0 Å². The molecular weight excluding hydrogens is 340 g/mol.